The molecular formula is C30H39N3O5S. The highest BCUT2D eigenvalue weighted by atomic mass is 32.2. The largest absolute Gasteiger partial charge is 0.368 e. The minimum Gasteiger partial charge on any atom is -0.368 e. The monoisotopic (exact) mass is 553 g/mol. The third kappa shape index (κ3) is 5.89. The fourth-order valence-corrected chi connectivity index (χ4v) is 7.28. The molecule has 1 saturated heterocycles. The number of carbonyl (C=O) groups excluding carboxylic acids is 2. The number of benzene rings is 1. The highest BCUT2D eigenvalue weighted by molar-refractivity contribution is 7.89. The van der Waals surface area contributed by atoms with E-state index in [0.29, 0.717) is 42.2 Å². The van der Waals surface area contributed by atoms with Crippen LogP contribution in [0.1, 0.15) is 77.2 Å². The quantitative estimate of drug-likeness (QED) is 0.523. The van der Waals surface area contributed by atoms with Gasteiger partial charge in [-0.05, 0) is 49.3 Å². The Morgan fingerprint density at radius 2 is 1.79 bits per heavy atom. The molecule has 1 unspecified atom stereocenters. The number of carbonyl (C=O) groups is 2. The Kier molecular flexibility index (Phi) is 7.84. The average molecular weight is 554 g/mol. The second kappa shape index (κ2) is 11.0. The molecule has 2 amide bonds. The summed E-state index contributed by atoms with van der Waals surface area (Å²) in [6.45, 7) is 4.49. The number of fused-ring (bicyclic) bond motifs is 1. The number of rotatable bonds is 3. The molecule has 0 aromatic heterocycles. The van der Waals surface area contributed by atoms with Crippen LogP contribution in [0.15, 0.2) is 40.8 Å². The Balaban J connectivity index is 1.50. The van der Waals surface area contributed by atoms with Gasteiger partial charge < -0.3 is 14.5 Å². The van der Waals surface area contributed by atoms with Gasteiger partial charge in [-0.1, -0.05) is 56.4 Å². The van der Waals surface area contributed by atoms with Gasteiger partial charge in [0, 0.05) is 25.5 Å². The van der Waals surface area contributed by atoms with E-state index in [1.807, 2.05) is 43.4 Å². The predicted molar refractivity (Wildman–Crippen MR) is 155 cm³/mol. The summed E-state index contributed by atoms with van der Waals surface area (Å²) in [6.07, 6.45) is 15.7. The molecule has 0 N–H and O–H groups in total. The van der Waals surface area contributed by atoms with Crippen molar-refractivity contribution in [3.8, 4) is 0 Å². The van der Waals surface area contributed by atoms with E-state index in [1.165, 1.54) is 39.0 Å². The molecule has 2 atom stereocenters. The van der Waals surface area contributed by atoms with Crippen molar-refractivity contribution < 1.29 is 22.7 Å². The van der Waals surface area contributed by atoms with Crippen LogP contribution < -0.4 is 9.80 Å². The first-order chi connectivity index (χ1) is 18.6. The zero-order chi connectivity index (χ0) is 27.8. The fraction of sp³-hybridized carbons (Fsp3) is 0.567. The first-order valence-electron chi connectivity index (χ1n) is 14.1. The zero-order valence-corrected chi connectivity index (χ0v) is 24.0. The van der Waals surface area contributed by atoms with Gasteiger partial charge in [0.05, 0.1) is 36.0 Å². The summed E-state index contributed by atoms with van der Waals surface area (Å²) in [5.74, 6) is -0.154. The van der Waals surface area contributed by atoms with E-state index in [9.17, 15) is 18.0 Å². The van der Waals surface area contributed by atoms with Crippen LogP contribution in [-0.4, -0.2) is 57.5 Å². The van der Waals surface area contributed by atoms with Crippen molar-refractivity contribution in [2.45, 2.75) is 83.8 Å². The Labute approximate surface area is 231 Å². The Bertz CT molecular complexity index is 1340. The minimum atomic E-state index is -3.58. The molecule has 1 saturated carbocycles. The summed E-state index contributed by atoms with van der Waals surface area (Å²) >= 11 is 0. The predicted octanol–water partition coefficient (Wildman–Crippen LogP) is 5.04. The van der Waals surface area contributed by atoms with Crippen LogP contribution in [0.4, 0.5) is 11.4 Å². The molecule has 39 heavy (non-hydrogen) atoms. The molecule has 0 bridgehead atoms. The molecule has 210 valence electrons. The lowest BCUT2D eigenvalue weighted by molar-refractivity contribution is -0.127. The number of hydrogen-bond donors (Lipinski definition) is 0. The van der Waals surface area contributed by atoms with Gasteiger partial charge in [0.15, 0.2) is 0 Å². The van der Waals surface area contributed by atoms with E-state index in [0.717, 1.165) is 31.1 Å². The molecule has 2 fully saturated rings. The van der Waals surface area contributed by atoms with Gasteiger partial charge in [-0.25, -0.2) is 8.42 Å². The molecule has 8 nitrogen and oxygen atoms in total. The zero-order valence-electron chi connectivity index (χ0n) is 23.2. The van der Waals surface area contributed by atoms with Crippen molar-refractivity contribution in [2.75, 3.05) is 29.2 Å². The van der Waals surface area contributed by atoms with E-state index < -0.39 is 16.1 Å². The summed E-state index contributed by atoms with van der Waals surface area (Å²) < 4.78 is 34.1. The Hall–Kier alpha value is -2.78. The van der Waals surface area contributed by atoms with Crippen molar-refractivity contribution in [3.05, 3.63) is 42.0 Å². The van der Waals surface area contributed by atoms with Gasteiger partial charge in [0.25, 0.3) is 5.91 Å². The summed E-state index contributed by atoms with van der Waals surface area (Å²) in [7, 11) is -3.58. The molecule has 1 aromatic rings. The number of sulfonamides is 1. The van der Waals surface area contributed by atoms with Crippen LogP contribution in [0.3, 0.4) is 0 Å². The molecule has 9 heteroatoms. The van der Waals surface area contributed by atoms with E-state index in [-0.39, 0.29) is 23.3 Å². The van der Waals surface area contributed by atoms with Gasteiger partial charge >= 0.3 is 0 Å². The number of ether oxygens (including phenoxy) is 1. The first-order valence-corrected chi connectivity index (χ1v) is 15.9. The lowest BCUT2D eigenvalue weighted by atomic mass is 9.74. The molecule has 1 spiro atoms. The minimum absolute atomic E-state index is 0.0649. The lowest BCUT2D eigenvalue weighted by Gasteiger charge is -2.41. The van der Waals surface area contributed by atoms with Gasteiger partial charge in [-0.3, -0.25) is 9.59 Å². The second-order valence-corrected chi connectivity index (χ2v) is 13.3. The van der Waals surface area contributed by atoms with Crippen molar-refractivity contribution in [2.24, 2.45) is 9.81 Å². The Morgan fingerprint density at radius 3 is 2.49 bits per heavy atom. The third-order valence-electron chi connectivity index (χ3n) is 8.53. The molecule has 2 aliphatic heterocycles. The van der Waals surface area contributed by atoms with Crippen LogP contribution in [0.2, 0.25) is 0 Å². The summed E-state index contributed by atoms with van der Waals surface area (Å²) in [5.41, 5.74) is 3.29. The highest BCUT2D eigenvalue weighted by Crippen LogP contribution is 2.45. The van der Waals surface area contributed by atoms with Crippen LogP contribution in [0.5, 0.6) is 0 Å². The van der Waals surface area contributed by atoms with Crippen molar-refractivity contribution in [1.29, 1.82) is 0 Å². The summed E-state index contributed by atoms with van der Waals surface area (Å²) in [6, 6.07) is 5.41. The van der Waals surface area contributed by atoms with Crippen LogP contribution in [0, 0.1) is 5.41 Å². The van der Waals surface area contributed by atoms with E-state index in [2.05, 4.69) is 4.40 Å². The van der Waals surface area contributed by atoms with Crippen LogP contribution in [0.25, 0.3) is 5.57 Å². The van der Waals surface area contributed by atoms with Crippen molar-refractivity contribution >= 4 is 44.5 Å². The fourth-order valence-electron chi connectivity index (χ4n) is 6.71. The molecule has 5 rings (SSSR count). The van der Waals surface area contributed by atoms with Gasteiger partial charge in [0.2, 0.25) is 15.9 Å². The number of amides is 2. The maximum atomic E-state index is 14.1. The van der Waals surface area contributed by atoms with Crippen LogP contribution >= 0.6 is 0 Å². The molecule has 4 aliphatic rings. The molecule has 2 heterocycles. The van der Waals surface area contributed by atoms with Gasteiger partial charge in [0.1, 0.15) is 6.10 Å². The van der Waals surface area contributed by atoms with Crippen LogP contribution in [-0.2, 0) is 24.3 Å². The maximum absolute atomic E-state index is 14.1. The lowest BCUT2D eigenvalue weighted by Crippen LogP contribution is -2.53. The maximum Gasteiger partial charge on any atom is 0.256 e. The van der Waals surface area contributed by atoms with E-state index in [4.69, 9.17) is 4.74 Å². The van der Waals surface area contributed by atoms with Gasteiger partial charge in [-0.15, -0.1) is 0 Å². The van der Waals surface area contributed by atoms with E-state index >= 15 is 0 Å². The second-order valence-electron chi connectivity index (χ2n) is 11.6. The number of allylic oxidation sites excluding steroid dienone is 4. The number of hydrogen-bond acceptors (Lipinski definition) is 5. The third-order valence-corrected chi connectivity index (χ3v) is 9.08. The molecule has 2 aliphatic carbocycles. The number of anilines is 2. The normalized spacial score (nSPS) is 26.2. The smallest absolute Gasteiger partial charge is 0.256 e. The van der Waals surface area contributed by atoms with Crippen molar-refractivity contribution in [1.82, 2.24) is 0 Å². The molecular weight excluding hydrogens is 514 g/mol. The Morgan fingerprint density at radius 1 is 1.08 bits per heavy atom. The van der Waals surface area contributed by atoms with Crippen molar-refractivity contribution in [3.63, 3.8) is 0 Å². The summed E-state index contributed by atoms with van der Waals surface area (Å²) in [4.78, 5) is 30.2. The van der Waals surface area contributed by atoms with Gasteiger partial charge in [-0.2, -0.15) is 4.40 Å². The molecule has 0 radical (unpaired) electrons. The van der Waals surface area contributed by atoms with E-state index in [1.54, 1.807) is 9.80 Å². The number of nitrogens with zero attached hydrogens (tertiary/aromatic N) is 3. The highest BCUT2D eigenvalue weighted by Gasteiger charge is 2.45. The SMILES string of the molecule is CC(=O)N1c2ccc(C3=CC=CCC3=NS(C)(=O)=O)cc2N(C(=O)C2CC3(CCCCCCC3)CO2)C[C@@H]1C. The average Bonchev–Trinajstić information content (AvgIpc) is 3.29. The summed E-state index contributed by atoms with van der Waals surface area (Å²) in [5, 5.41) is 0. The first kappa shape index (κ1) is 27.8. The standard InChI is InChI=1S/C30H39N3O5S/c1-21-19-32(29(35)28-18-30(20-38-28)15-9-5-4-6-10-16-30)27-17-23(13-14-26(27)33(21)22(2)34)24-11-7-8-12-25(24)31-39(3,36)37/h7-8,11,13-14,17,21,28H,4-6,9-10,12,15-16,18-20H2,1-3H3/t21-,28?/m0/s1. The molecule has 1 aromatic carbocycles. The topological polar surface area (TPSA) is 96.4 Å².